The third-order valence-corrected chi connectivity index (χ3v) is 8.66. The zero-order chi connectivity index (χ0) is 29.3. The van der Waals surface area contributed by atoms with Crippen LogP contribution in [-0.2, 0) is 9.59 Å². The molecule has 0 saturated heterocycles. The molecular weight excluding hydrogens is 587 g/mol. The number of anilines is 2. The minimum Gasteiger partial charge on any atom is -0.321 e. The molecule has 2 heterocycles. The molecule has 0 aliphatic rings. The minimum atomic E-state index is -0.538. The van der Waals surface area contributed by atoms with Crippen molar-refractivity contribution in [3.8, 4) is 0 Å². The number of hydrogen-bond acceptors (Lipinski definition) is 8. The van der Waals surface area contributed by atoms with E-state index in [0.29, 0.717) is 16.4 Å². The summed E-state index contributed by atoms with van der Waals surface area (Å²) >= 11 is 4.16. The Hall–Kier alpha value is -4.58. The summed E-state index contributed by atoms with van der Waals surface area (Å²) in [5.74, 6) is -1.05. The molecule has 0 radical (unpaired) electrons. The first kappa shape index (κ1) is 28.9. The van der Waals surface area contributed by atoms with Crippen LogP contribution < -0.4 is 16.0 Å². The molecule has 5 rings (SSSR count). The SMILES string of the molecule is Cc1nnc(NC(=O)C(Sc2ccc(NC(=O)/C(=C/c3cccs3)NC(=O)c3ccccc3)cc2)c2ccccc2)s1. The Kier molecular flexibility index (Phi) is 9.55. The number of nitrogens with one attached hydrogen (secondary N) is 3. The lowest BCUT2D eigenvalue weighted by Crippen LogP contribution is -2.30. The predicted molar refractivity (Wildman–Crippen MR) is 170 cm³/mol. The van der Waals surface area contributed by atoms with Crippen molar-refractivity contribution in [2.75, 3.05) is 10.6 Å². The quantitative estimate of drug-likeness (QED) is 0.118. The van der Waals surface area contributed by atoms with E-state index in [4.69, 9.17) is 0 Å². The Morgan fingerprint density at radius 3 is 2.19 bits per heavy atom. The number of thioether (sulfide) groups is 1. The molecule has 0 bridgehead atoms. The van der Waals surface area contributed by atoms with E-state index in [1.165, 1.54) is 34.4 Å². The van der Waals surface area contributed by atoms with Gasteiger partial charge in [-0.05, 0) is 66.4 Å². The van der Waals surface area contributed by atoms with Gasteiger partial charge in [0.05, 0.1) is 0 Å². The lowest BCUT2D eigenvalue weighted by Gasteiger charge is -2.16. The Balaban J connectivity index is 1.30. The topological polar surface area (TPSA) is 113 Å². The zero-order valence-corrected chi connectivity index (χ0v) is 24.8. The van der Waals surface area contributed by atoms with Crippen molar-refractivity contribution in [3.63, 3.8) is 0 Å². The number of amides is 3. The van der Waals surface area contributed by atoms with Crippen LogP contribution in [0.4, 0.5) is 10.8 Å². The molecule has 0 aliphatic carbocycles. The fraction of sp³-hybridized carbons (Fsp3) is 0.0645. The van der Waals surface area contributed by atoms with Crippen molar-refractivity contribution in [1.29, 1.82) is 0 Å². The highest BCUT2D eigenvalue weighted by molar-refractivity contribution is 8.00. The van der Waals surface area contributed by atoms with E-state index in [9.17, 15) is 14.4 Å². The summed E-state index contributed by atoms with van der Waals surface area (Å²) in [6.07, 6.45) is 1.65. The highest BCUT2D eigenvalue weighted by Crippen LogP contribution is 2.37. The van der Waals surface area contributed by atoms with Gasteiger partial charge in [-0.25, -0.2) is 0 Å². The second kappa shape index (κ2) is 13.9. The summed E-state index contributed by atoms with van der Waals surface area (Å²) in [7, 11) is 0. The number of nitrogens with zero attached hydrogens (tertiary/aromatic N) is 2. The number of carbonyl (C=O) groups is 3. The molecule has 2 aromatic heterocycles. The summed E-state index contributed by atoms with van der Waals surface area (Å²) in [4.78, 5) is 41.0. The van der Waals surface area contributed by atoms with Gasteiger partial charge in [-0.2, -0.15) is 0 Å². The van der Waals surface area contributed by atoms with Crippen LogP contribution in [0.2, 0.25) is 0 Å². The molecule has 0 spiro atoms. The molecule has 1 unspecified atom stereocenters. The summed E-state index contributed by atoms with van der Waals surface area (Å²) in [6, 6.07) is 29.1. The lowest BCUT2D eigenvalue weighted by atomic mass is 10.1. The van der Waals surface area contributed by atoms with Crippen molar-refractivity contribution in [2.45, 2.75) is 17.1 Å². The number of benzene rings is 3. The molecule has 42 heavy (non-hydrogen) atoms. The van der Waals surface area contributed by atoms with Gasteiger partial charge in [0, 0.05) is 21.0 Å². The van der Waals surface area contributed by atoms with Gasteiger partial charge in [-0.15, -0.1) is 33.3 Å². The van der Waals surface area contributed by atoms with E-state index in [0.717, 1.165) is 20.3 Å². The molecule has 11 heteroatoms. The normalized spacial score (nSPS) is 11.9. The van der Waals surface area contributed by atoms with Crippen molar-refractivity contribution >= 4 is 69.1 Å². The van der Waals surface area contributed by atoms with Gasteiger partial charge in [-0.3, -0.25) is 19.7 Å². The van der Waals surface area contributed by atoms with Crippen LogP contribution in [0, 0.1) is 6.92 Å². The Bertz CT molecular complexity index is 1690. The monoisotopic (exact) mass is 611 g/mol. The van der Waals surface area contributed by atoms with E-state index in [1.54, 1.807) is 42.5 Å². The largest absolute Gasteiger partial charge is 0.321 e. The van der Waals surface area contributed by atoms with E-state index in [-0.39, 0.29) is 17.5 Å². The van der Waals surface area contributed by atoms with Gasteiger partial charge in [0.2, 0.25) is 11.0 Å². The highest BCUT2D eigenvalue weighted by atomic mass is 32.2. The van der Waals surface area contributed by atoms with E-state index in [2.05, 4.69) is 26.1 Å². The second-order valence-electron chi connectivity index (χ2n) is 8.90. The first-order chi connectivity index (χ1) is 20.4. The lowest BCUT2D eigenvalue weighted by molar-refractivity contribution is -0.116. The van der Waals surface area contributed by atoms with Gasteiger partial charge in [0.15, 0.2) is 0 Å². The molecule has 0 aliphatic heterocycles. The number of aryl methyl sites for hydroxylation is 1. The smallest absolute Gasteiger partial charge is 0.272 e. The molecule has 3 amide bonds. The summed E-state index contributed by atoms with van der Waals surface area (Å²) in [5, 5.41) is 19.0. The first-order valence-electron chi connectivity index (χ1n) is 12.8. The average molecular weight is 612 g/mol. The number of hydrogen-bond donors (Lipinski definition) is 3. The maximum Gasteiger partial charge on any atom is 0.272 e. The highest BCUT2D eigenvalue weighted by Gasteiger charge is 2.23. The molecule has 8 nitrogen and oxygen atoms in total. The summed E-state index contributed by atoms with van der Waals surface area (Å²) in [6.45, 7) is 1.83. The van der Waals surface area contributed by atoms with Crippen molar-refractivity contribution < 1.29 is 14.4 Å². The molecule has 0 fully saturated rings. The molecule has 1 atom stereocenters. The molecule has 3 N–H and O–H groups in total. The number of thiophene rings is 1. The van der Waals surface area contributed by atoms with Gasteiger partial charge in [-0.1, -0.05) is 65.9 Å². The fourth-order valence-corrected chi connectivity index (χ4v) is 6.10. The fourth-order valence-electron chi connectivity index (χ4n) is 3.83. The van der Waals surface area contributed by atoms with Gasteiger partial charge >= 0.3 is 0 Å². The van der Waals surface area contributed by atoms with Crippen LogP contribution in [0.25, 0.3) is 6.08 Å². The zero-order valence-electron chi connectivity index (χ0n) is 22.3. The maximum atomic E-state index is 13.3. The molecular formula is C31H25N5O3S3. The Labute approximate surface area is 254 Å². The average Bonchev–Trinajstić information content (AvgIpc) is 3.68. The number of aromatic nitrogens is 2. The number of carbonyl (C=O) groups excluding carboxylic acids is 3. The van der Waals surface area contributed by atoms with Crippen molar-refractivity contribution in [3.05, 3.63) is 129 Å². The van der Waals surface area contributed by atoms with E-state index in [1.807, 2.05) is 73.0 Å². The number of rotatable bonds is 10. The Morgan fingerprint density at radius 1 is 0.833 bits per heavy atom. The third-order valence-electron chi connectivity index (χ3n) is 5.82. The van der Waals surface area contributed by atoms with E-state index >= 15 is 0 Å². The van der Waals surface area contributed by atoms with Crippen LogP contribution in [0.15, 0.2) is 113 Å². The first-order valence-corrected chi connectivity index (χ1v) is 15.4. The van der Waals surface area contributed by atoms with Gasteiger partial charge in [0.25, 0.3) is 11.8 Å². The van der Waals surface area contributed by atoms with Crippen molar-refractivity contribution in [1.82, 2.24) is 15.5 Å². The van der Waals surface area contributed by atoms with Gasteiger partial charge < -0.3 is 10.6 Å². The summed E-state index contributed by atoms with van der Waals surface area (Å²) in [5.41, 5.74) is 1.95. The summed E-state index contributed by atoms with van der Waals surface area (Å²) < 4.78 is 0. The second-order valence-corrected chi connectivity index (χ2v) is 12.2. The molecule has 0 saturated carbocycles. The van der Waals surface area contributed by atoms with Crippen LogP contribution in [-0.4, -0.2) is 27.9 Å². The van der Waals surface area contributed by atoms with Crippen LogP contribution in [0.5, 0.6) is 0 Å². The van der Waals surface area contributed by atoms with Gasteiger partial charge in [0.1, 0.15) is 16.0 Å². The maximum absolute atomic E-state index is 13.3. The molecule has 5 aromatic rings. The molecule has 3 aromatic carbocycles. The third kappa shape index (κ3) is 7.78. The van der Waals surface area contributed by atoms with Crippen molar-refractivity contribution in [2.24, 2.45) is 0 Å². The van der Waals surface area contributed by atoms with Crippen LogP contribution in [0.1, 0.15) is 31.1 Å². The van der Waals surface area contributed by atoms with E-state index < -0.39 is 11.2 Å². The Morgan fingerprint density at radius 2 is 1.55 bits per heavy atom. The predicted octanol–water partition coefficient (Wildman–Crippen LogP) is 6.79. The minimum absolute atomic E-state index is 0.123. The standard InChI is InChI=1S/C31H25N5O3S3/c1-20-35-36-31(41-20)34-30(39)27(21-9-4-2-5-10-21)42-24-16-14-23(15-17-24)32-29(38)26(19-25-13-8-18-40-25)33-28(37)22-11-6-3-7-12-22/h2-19,27H,1H3,(H,32,38)(H,33,37)(H,34,36,39)/b26-19-. The molecule has 210 valence electrons. The van der Waals surface area contributed by atoms with Crippen LogP contribution in [0.3, 0.4) is 0 Å². The van der Waals surface area contributed by atoms with Crippen LogP contribution >= 0.6 is 34.4 Å².